The molecule has 0 saturated heterocycles. The first-order valence-corrected chi connectivity index (χ1v) is 2.88. The average molecular weight is 141 g/mol. The molecule has 0 fully saturated rings. The van der Waals surface area contributed by atoms with E-state index < -0.39 is 5.95 Å². The van der Waals surface area contributed by atoms with Crippen molar-refractivity contribution in [3.05, 3.63) is 24.3 Å². The lowest BCUT2D eigenvalue weighted by Gasteiger charge is -2.02. The zero-order chi connectivity index (χ0) is 7.40. The van der Waals surface area contributed by atoms with Crippen LogP contribution >= 0.6 is 0 Å². The summed E-state index contributed by atoms with van der Waals surface area (Å²) in [6.07, 6.45) is 1.40. The molecule has 3 nitrogen and oxygen atoms in total. The molecule has 0 amide bonds. The van der Waals surface area contributed by atoms with Gasteiger partial charge in [0.2, 0.25) is 5.95 Å². The molecule has 0 spiro atoms. The molecule has 2 N–H and O–H groups in total. The van der Waals surface area contributed by atoms with Crippen LogP contribution in [0.2, 0.25) is 0 Å². The molecule has 1 aromatic rings. The summed E-state index contributed by atoms with van der Waals surface area (Å²) in [5, 5.41) is 0. The van der Waals surface area contributed by atoms with Crippen molar-refractivity contribution in [1.29, 1.82) is 0 Å². The Morgan fingerprint density at radius 3 is 3.00 bits per heavy atom. The van der Waals surface area contributed by atoms with E-state index in [-0.39, 0.29) is 0 Å². The van der Waals surface area contributed by atoms with Crippen molar-refractivity contribution >= 4 is 5.69 Å². The Balaban J connectivity index is 2.81. The van der Waals surface area contributed by atoms with Gasteiger partial charge in [0.15, 0.2) is 0 Å². The molecule has 1 aromatic heterocycles. The molecule has 0 bridgehead atoms. The van der Waals surface area contributed by atoms with Gasteiger partial charge in [-0.05, 0) is 12.1 Å². The van der Waals surface area contributed by atoms with E-state index in [0.29, 0.717) is 5.69 Å². The van der Waals surface area contributed by atoms with Crippen molar-refractivity contribution < 1.29 is 4.39 Å². The fourth-order valence-electron chi connectivity index (χ4n) is 0.614. The normalized spacial score (nSPS) is 9.40. The van der Waals surface area contributed by atoms with E-state index in [9.17, 15) is 4.39 Å². The summed E-state index contributed by atoms with van der Waals surface area (Å²) in [5.41, 5.74) is 5.53. The van der Waals surface area contributed by atoms with Gasteiger partial charge < -0.3 is 5.43 Å². The third-order valence-electron chi connectivity index (χ3n) is 1.02. The Hall–Kier alpha value is -1.16. The summed E-state index contributed by atoms with van der Waals surface area (Å²) in [6.45, 7) is 0. The van der Waals surface area contributed by atoms with E-state index >= 15 is 0 Å². The molecular weight excluding hydrogens is 133 g/mol. The molecule has 0 unspecified atom stereocenters. The van der Waals surface area contributed by atoms with Crippen LogP contribution in [0.3, 0.4) is 0 Å². The van der Waals surface area contributed by atoms with Crippen molar-refractivity contribution in [3.8, 4) is 0 Å². The summed E-state index contributed by atoms with van der Waals surface area (Å²) >= 11 is 0. The Kier molecular flexibility index (Phi) is 2.17. The number of halogens is 1. The highest BCUT2D eigenvalue weighted by Crippen LogP contribution is 2.06. The fourth-order valence-corrected chi connectivity index (χ4v) is 0.614. The van der Waals surface area contributed by atoms with Gasteiger partial charge >= 0.3 is 0 Å². The number of anilines is 1. The first kappa shape index (κ1) is 6.95. The summed E-state index contributed by atoms with van der Waals surface area (Å²) in [7, 11) is 1.66. The molecule has 0 aliphatic heterocycles. The van der Waals surface area contributed by atoms with E-state index in [1.807, 2.05) is 0 Å². The largest absolute Gasteiger partial charge is 0.318 e. The van der Waals surface area contributed by atoms with E-state index in [0.717, 1.165) is 0 Å². The van der Waals surface area contributed by atoms with Crippen LogP contribution in [0.25, 0.3) is 0 Å². The number of hydrazine groups is 1. The molecule has 0 radical (unpaired) electrons. The smallest absolute Gasteiger partial charge is 0.237 e. The molecule has 10 heavy (non-hydrogen) atoms. The monoisotopic (exact) mass is 141 g/mol. The van der Waals surface area contributed by atoms with E-state index in [1.54, 1.807) is 19.2 Å². The van der Waals surface area contributed by atoms with Crippen molar-refractivity contribution in [2.45, 2.75) is 0 Å². The molecule has 4 heteroatoms. The maximum atomic E-state index is 12.6. The highest BCUT2D eigenvalue weighted by molar-refractivity contribution is 5.39. The van der Waals surface area contributed by atoms with Crippen LogP contribution in [0.4, 0.5) is 10.1 Å². The predicted molar refractivity (Wildman–Crippen MR) is 36.9 cm³/mol. The van der Waals surface area contributed by atoms with Crippen LogP contribution in [0.1, 0.15) is 0 Å². The first-order valence-electron chi connectivity index (χ1n) is 2.88. The van der Waals surface area contributed by atoms with Crippen molar-refractivity contribution in [3.63, 3.8) is 0 Å². The highest BCUT2D eigenvalue weighted by atomic mass is 19.1. The fraction of sp³-hybridized carbons (Fsp3) is 0.167. The Bertz CT molecular complexity index is 214. The maximum Gasteiger partial charge on any atom is 0.237 e. The minimum atomic E-state index is -0.503. The summed E-state index contributed by atoms with van der Waals surface area (Å²) in [6, 6.07) is 3.25. The molecule has 0 aromatic carbocycles. The Morgan fingerprint density at radius 1 is 1.60 bits per heavy atom. The van der Waals surface area contributed by atoms with Gasteiger partial charge in [-0.2, -0.15) is 4.39 Å². The van der Waals surface area contributed by atoms with Crippen LogP contribution < -0.4 is 10.9 Å². The van der Waals surface area contributed by atoms with E-state index in [2.05, 4.69) is 15.8 Å². The van der Waals surface area contributed by atoms with Gasteiger partial charge in [-0.1, -0.05) is 0 Å². The molecule has 54 valence electrons. The second-order valence-corrected chi connectivity index (χ2v) is 1.72. The number of hydrogen-bond acceptors (Lipinski definition) is 3. The summed E-state index contributed by atoms with van der Waals surface area (Å²) in [5.74, 6) is -0.503. The van der Waals surface area contributed by atoms with Gasteiger partial charge in [-0.15, -0.1) is 0 Å². The number of rotatable bonds is 2. The Morgan fingerprint density at radius 2 is 2.40 bits per heavy atom. The van der Waals surface area contributed by atoms with Crippen molar-refractivity contribution in [1.82, 2.24) is 10.4 Å². The first-order chi connectivity index (χ1) is 4.84. The SMILES string of the molecule is CNNc1cccnc1F. The van der Waals surface area contributed by atoms with E-state index in [4.69, 9.17) is 0 Å². The standard InChI is InChI=1S/C6H8FN3/c1-8-10-5-3-2-4-9-6(5)7/h2-4,8,10H,1H3. The lowest BCUT2D eigenvalue weighted by molar-refractivity contribution is 0.585. The number of nitrogens with one attached hydrogen (secondary N) is 2. The molecule has 0 atom stereocenters. The molecule has 1 heterocycles. The van der Waals surface area contributed by atoms with Crippen LogP contribution in [-0.2, 0) is 0 Å². The van der Waals surface area contributed by atoms with Crippen LogP contribution in [-0.4, -0.2) is 12.0 Å². The maximum absolute atomic E-state index is 12.6. The molecule has 1 rings (SSSR count). The molecule has 0 saturated carbocycles. The van der Waals surface area contributed by atoms with Gasteiger partial charge in [-0.25, -0.2) is 10.4 Å². The zero-order valence-electron chi connectivity index (χ0n) is 5.56. The van der Waals surface area contributed by atoms with Crippen molar-refractivity contribution in [2.24, 2.45) is 0 Å². The van der Waals surface area contributed by atoms with Gasteiger partial charge in [0.1, 0.15) is 5.69 Å². The number of aromatic nitrogens is 1. The minimum absolute atomic E-state index is 0.352. The summed E-state index contributed by atoms with van der Waals surface area (Å²) < 4.78 is 12.6. The molecule has 0 aliphatic rings. The molecule has 0 aliphatic carbocycles. The summed E-state index contributed by atoms with van der Waals surface area (Å²) in [4.78, 5) is 3.43. The van der Waals surface area contributed by atoms with Crippen molar-refractivity contribution in [2.75, 3.05) is 12.5 Å². The van der Waals surface area contributed by atoms with Crippen LogP contribution in [0.15, 0.2) is 18.3 Å². The van der Waals surface area contributed by atoms with Gasteiger partial charge in [0.25, 0.3) is 0 Å². The second kappa shape index (κ2) is 3.12. The van der Waals surface area contributed by atoms with E-state index in [1.165, 1.54) is 6.20 Å². The second-order valence-electron chi connectivity index (χ2n) is 1.72. The highest BCUT2D eigenvalue weighted by Gasteiger charge is 1.97. The zero-order valence-corrected chi connectivity index (χ0v) is 5.56. The topological polar surface area (TPSA) is 37.0 Å². The Labute approximate surface area is 58.3 Å². The lowest BCUT2D eigenvalue weighted by Crippen LogP contribution is -2.16. The number of hydrogen-bond donors (Lipinski definition) is 2. The number of nitrogens with zero attached hydrogens (tertiary/aromatic N) is 1. The minimum Gasteiger partial charge on any atom is -0.318 e. The third kappa shape index (κ3) is 1.41. The predicted octanol–water partition coefficient (Wildman–Crippen LogP) is 0.767. The quantitative estimate of drug-likeness (QED) is 0.471. The van der Waals surface area contributed by atoms with Gasteiger partial charge in [0, 0.05) is 13.2 Å². The lowest BCUT2D eigenvalue weighted by atomic mass is 10.4. The van der Waals surface area contributed by atoms with Crippen LogP contribution in [0, 0.1) is 5.95 Å². The van der Waals surface area contributed by atoms with Crippen LogP contribution in [0.5, 0.6) is 0 Å². The number of pyridine rings is 1. The third-order valence-corrected chi connectivity index (χ3v) is 1.02. The molecular formula is C6H8FN3. The van der Waals surface area contributed by atoms with Gasteiger partial charge in [-0.3, -0.25) is 0 Å². The average Bonchev–Trinajstić information content (AvgIpc) is 1.94. The van der Waals surface area contributed by atoms with Gasteiger partial charge in [0.05, 0.1) is 0 Å².